The molecule has 137 heavy (non-hydrogen) atoms. The fourth-order valence-corrected chi connectivity index (χ4v) is 12.7. The zero-order valence-corrected chi connectivity index (χ0v) is 79.9. The maximum absolute atomic E-state index is 12.4. The van der Waals surface area contributed by atoms with E-state index in [1.807, 2.05) is 20.8 Å². The van der Waals surface area contributed by atoms with Crippen LogP contribution in [0.4, 0.5) is 0 Å². The number of aliphatic carboxylic acids is 2. The van der Waals surface area contributed by atoms with Crippen molar-refractivity contribution in [3.05, 3.63) is 71.8 Å². The van der Waals surface area contributed by atoms with Gasteiger partial charge in [0.2, 0.25) is 100 Å². The summed E-state index contributed by atoms with van der Waals surface area (Å²) in [6.07, 6.45) is -1.11. The number of carboxylic acid groups (broad SMARTS) is 2. The van der Waals surface area contributed by atoms with Crippen LogP contribution < -0.4 is 11.5 Å². The van der Waals surface area contributed by atoms with E-state index in [0.29, 0.717) is 36.8 Å². The first kappa shape index (κ1) is 120. The molecule has 2 aromatic rings. The van der Waals surface area contributed by atoms with Gasteiger partial charge in [-0.3, -0.25) is 25.4 Å². The Labute approximate surface area is 796 Å². The Morgan fingerprint density at radius 3 is 1.17 bits per heavy atom. The van der Waals surface area contributed by atoms with Crippen molar-refractivity contribution >= 4 is 130 Å². The van der Waals surface area contributed by atoms with Crippen molar-refractivity contribution in [1.82, 2.24) is 0 Å². The number of hydrogen-bond acceptors (Lipinski definition) is 25. The lowest BCUT2D eigenvalue weighted by Crippen LogP contribution is -2.34. The minimum absolute atomic E-state index is 0.0598. The Morgan fingerprint density at radius 2 is 0.708 bits per heavy atom. The highest BCUT2D eigenvalue weighted by atomic mass is 16.4. The largest absolute Gasteiger partial charge is 0.497 e. The SMILES string of the molecule is CCC(C)CC(O)=NC(C(O)=NC(C)C(O)=NCC(O)=NC(CCCCN)C(O)=NC(CC(=N)O)C(O)=NC(CO)C(O)=NCC(O)=NC(C(O)=NC(CC(=O)O)C(O)=NC(CCC(=O)O)C(O)=NC(C)C(O)=NC(Cc1ccccc1)C(O)=NC(Cc1ccccc1)C(O)=NC(C(O)=NC(CC(C)C)C(O)=NC(CCCCN)C(O)=NC(CCC(=N)O)C(O)=NC)C(C)C)C(C)C)C(C)CC. The van der Waals surface area contributed by atoms with Crippen LogP contribution in [0.25, 0.3) is 0 Å². The highest BCUT2D eigenvalue weighted by Crippen LogP contribution is 2.24. The standard InChI is InChI=1S/C90H144N22O25/c1-14-50(9)39-68(116)110-75(51(10)15-2)90(137)99-52(11)76(123)96-44-69(117)100-56(30-22-24-36-91)81(128)106-63(42-67(94)115)85(132)109-65(46-113)79(126)97-45-70(118)111-73(48(5)6)88(135)108-64(43-72(121)122)86(133)103-59(33-35-71(119)120)80(127)98-53(12)77(124)104-61(40-54-26-18-16-19-27-54)84(131)105-62(41-55-28-20-17-21-29-55)87(134)112-74(49(7)8)89(136)107-60(38-47(3)4)83(130)101-57(31-23-25-37-92)82(129)102-58(78(125)95-13)32-34-66(93)114/h16-21,26-29,47-53,56-65,73-75,113H,14-15,22-25,30-46,91-92H2,1-13H3,(H2,93,114)(H2,94,115)(H,95,125)(H,96,123)(H,97,126)(H,98,127)(H,99,137)(H,100,117)(H,101,130)(H,102,129)(H,103,133)(H,104,124)(H,105,131)(H,106,128)(H,107,136)(H,108,135)(H,109,132)(H,110,116)(H,111,118)(H,112,134)(H,119,120)(H,121,122). The lowest BCUT2D eigenvalue weighted by molar-refractivity contribution is -0.138. The van der Waals surface area contributed by atoms with Crippen molar-refractivity contribution in [2.24, 2.45) is 131 Å². The first-order chi connectivity index (χ1) is 64.5. The fraction of sp³-hybridized carbons (Fsp3) is 0.622. The number of aliphatic hydroxyl groups excluding tert-OH is 21. The van der Waals surface area contributed by atoms with Gasteiger partial charge in [0, 0.05) is 39.2 Å². The molecule has 0 aromatic heterocycles. The van der Waals surface area contributed by atoms with E-state index in [4.69, 9.17) is 22.3 Å². The number of nitrogens with zero attached hydrogens (tertiary/aromatic N) is 18. The number of nitrogens with two attached hydrogens (primary N) is 2. The molecule has 0 radical (unpaired) electrons. The molecule has 0 spiro atoms. The minimum Gasteiger partial charge on any atom is -0.497 e. The van der Waals surface area contributed by atoms with E-state index in [9.17, 15) is 127 Å². The van der Waals surface area contributed by atoms with Crippen LogP contribution in [0.3, 0.4) is 0 Å². The van der Waals surface area contributed by atoms with Gasteiger partial charge in [-0.2, -0.15) is 0 Å². The van der Waals surface area contributed by atoms with Gasteiger partial charge in [-0.15, -0.1) is 0 Å². The first-order valence-electron chi connectivity index (χ1n) is 45.2. The molecule has 2 rings (SSSR count). The minimum atomic E-state index is -2.08. The topological polar surface area (TPSA) is 822 Å². The van der Waals surface area contributed by atoms with E-state index in [0.717, 1.165) is 6.42 Å². The van der Waals surface area contributed by atoms with Crippen LogP contribution in [0, 0.1) is 40.4 Å². The summed E-state index contributed by atoms with van der Waals surface area (Å²) in [7, 11) is 1.27. The Bertz CT molecular complexity index is 4700. The van der Waals surface area contributed by atoms with Crippen LogP contribution in [0.1, 0.15) is 197 Å². The molecule has 0 bridgehead atoms. The third kappa shape index (κ3) is 46.2. The second-order valence-corrected chi connectivity index (χ2v) is 33.8. The quantitative estimate of drug-likeness (QED) is 0.0166. The van der Waals surface area contributed by atoms with Gasteiger partial charge in [0.15, 0.2) is 23.7 Å². The fourth-order valence-electron chi connectivity index (χ4n) is 12.7. The number of aliphatic imine (C=N–C) groups is 18. The van der Waals surface area contributed by atoms with Gasteiger partial charge in [-0.05, 0) is 125 Å². The molecule has 17 atom stereocenters. The van der Waals surface area contributed by atoms with E-state index in [1.165, 1.54) is 34.7 Å². The number of benzene rings is 2. The zero-order valence-electron chi connectivity index (χ0n) is 79.9. The molecule has 0 aliphatic carbocycles. The third-order valence-electron chi connectivity index (χ3n) is 20.9. The molecular formula is C90H144N22O25. The number of hydrogen-bond donors (Lipinski definition) is 27. The average molecular weight is 1930 g/mol. The van der Waals surface area contributed by atoms with Gasteiger partial charge in [0.05, 0.1) is 19.4 Å². The van der Waals surface area contributed by atoms with Crippen LogP contribution in [-0.2, 0) is 22.4 Å². The summed E-state index contributed by atoms with van der Waals surface area (Å²) < 4.78 is 0. The molecule has 0 heterocycles. The zero-order chi connectivity index (χ0) is 103. The molecule has 0 amide bonds. The predicted molar refractivity (Wildman–Crippen MR) is 535 cm³/mol. The monoisotopic (exact) mass is 1930 g/mol. The Morgan fingerprint density at radius 1 is 0.336 bits per heavy atom. The normalized spacial score (nSPS) is 18.2. The molecule has 0 aliphatic heterocycles. The number of aliphatic hydroxyl groups is 21. The molecule has 0 saturated carbocycles. The number of nitrogens with one attached hydrogen (secondary N) is 2. The van der Waals surface area contributed by atoms with Gasteiger partial charge >= 0.3 is 11.9 Å². The summed E-state index contributed by atoms with van der Waals surface area (Å²) in [6, 6.07) is -5.96. The van der Waals surface area contributed by atoms with Crippen molar-refractivity contribution in [2.75, 3.05) is 39.8 Å². The smallest absolute Gasteiger partial charge is 0.306 e. The van der Waals surface area contributed by atoms with Crippen LogP contribution in [0.15, 0.2) is 151 Å². The van der Waals surface area contributed by atoms with E-state index >= 15 is 0 Å². The molecule has 47 nitrogen and oxygen atoms in total. The summed E-state index contributed by atoms with van der Waals surface area (Å²) >= 11 is 0. The summed E-state index contributed by atoms with van der Waals surface area (Å²) in [5.41, 5.74) is 12.5. The number of carbonyl (C=O) groups is 2. The maximum atomic E-state index is 12.4. The Kier molecular flexibility index (Phi) is 55.1. The van der Waals surface area contributed by atoms with Gasteiger partial charge in [-0.1, -0.05) is 143 Å². The predicted octanol–water partition coefficient (Wildman–Crippen LogP) is 11.6. The van der Waals surface area contributed by atoms with Crippen molar-refractivity contribution in [3.63, 3.8) is 0 Å². The van der Waals surface area contributed by atoms with Gasteiger partial charge in [0.1, 0.15) is 97.7 Å². The summed E-state index contributed by atoms with van der Waals surface area (Å²) in [5.74, 6) is -21.5. The molecule has 764 valence electrons. The maximum Gasteiger partial charge on any atom is 0.306 e. The average Bonchev–Trinajstić information content (AvgIpc) is 0.841. The van der Waals surface area contributed by atoms with Gasteiger partial charge in [-0.25, -0.2) is 84.9 Å². The van der Waals surface area contributed by atoms with E-state index in [-0.39, 0.29) is 94.5 Å². The van der Waals surface area contributed by atoms with Crippen molar-refractivity contribution in [1.29, 1.82) is 10.8 Å². The third-order valence-corrected chi connectivity index (χ3v) is 20.9. The number of carboxylic acids is 2. The van der Waals surface area contributed by atoms with Gasteiger partial charge in [0.25, 0.3) is 0 Å². The second-order valence-electron chi connectivity index (χ2n) is 33.8. The molecule has 0 fully saturated rings. The van der Waals surface area contributed by atoms with Crippen LogP contribution in [-0.4, -0.2) is 378 Å². The number of rotatable bonds is 66. The molecule has 0 aliphatic rings. The number of unbranched alkanes of at least 4 members (excludes halogenated alkanes) is 2. The molecule has 17 unspecified atom stereocenters. The highest BCUT2D eigenvalue weighted by Gasteiger charge is 2.34. The molecule has 29 N–H and O–H groups in total. The molecule has 2 aromatic carbocycles. The Balaban J connectivity index is 2.79. The summed E-state index contributed by atoms with van der Waals surface area (Å²) in [4.78, 5) is 98.6. The first-order valence-corrected chi connectivity index (χ1v) is 45.2. The van der Waals surface area contributed by atoms with E-state index in [1.54, 1.807) is 95.3 Å². The second kappa shape index (κ2) is 63.1. The van der Waals surface area contributed by atoms with Crippen molar-refractivity contribution < 1.29 is 127 Å². The van der Waals surface area contributed by atoms with Crippen LogP contribution >= 0.6 is 0 Å². The lowest BCUT2D eigenvalue weighted by Gasteiger charge is -2.21. The van der Waals surface area contributed by atoms with E-state index in [2.05, 4.69) is 89.9 Å². The van der Waals surface area contributed by atoms with Crippen molar-refractivity contribution in [2.45, 2.75) is 289 Å². The molecule has 0 saturated heterocycles. The van der Waals surface area contributed by atoms with Crippen molar-refractivity contribution in [3.8, 4) is 0 Å². The molecule has 47 heteroatoms. The summed E-state index contributed by atoms with van der Waals surface area (Å²) in [5, 5.41) is 270. The highest BCUT2D eigenvalue weighted by molar-refractivity contribution is 5.98. The van der Waals surface area contributed by atoms with Crippen LogP contribution in [0.2, 0.25) is 0 Å². The lowest BCUT2D eigenvalue weighted by atomic mass is 9.99. The Hall–Kier alpha value is -13.3. The summed E-state index contributed by atoms with van der Waals surface area (Å²) in [6.45, 7) is 17.5. The molecular weight excluding hydrogens is 1790 g/mol. The van der Waals surface area contributed by atoms with Gasteiger partial charge < -0.3 is 129 Å². The van der Waals surface area contributed by atoms with E-state index < -0.39 is 272 Å². The van der Waals surface area contributed by atoms with Crippen LogP contribution in [0.5, 0.6) is 0 Å².